The molecule has 0 saturated carbocycles. The van der Waals surface area contributed by atoms with Crippen molar-refractivity contribution in [1.82, 2.24) is 0 Å². The molecule has 72 valence electrons. The largest absolute Gasteiger partial charge is 0.390 e. The third-order valence-corrected chi connectivity index (χ3v) is 2.47. The summed E-state index contributed by atoms with van der Waals surface area (Å²) in [6, 6.07) is 0. The smallest absolute Gasteiger partial charge is 0.0713 e. The number of rotatable bonds is 3. The average molecular weight is 174 g/mol. The Morgan fingerprint density at radius 2 is 2.42 bits per heavy atom. The zero-order chi connectivity index (χ0) is 9.03. The van der Waals surface area contributed by atoms with Gasteiger partial charge in [-0.2, -0.15) is 0 Å². The van der Waals surface area contributed by atoms with Gasteiger partial charge in [0.25, 0.3) is 0 Å². The fraction of sp³-hybridized carbons (Fsp3) is 1.00. The van der Waals surface area contributed by atoms with Crippen molar-refractivity contribution in [2.75, 3.05) is 26.4 Å². The topological polar surface area (TPSA) is 38.7 Å². The van der Waals surface area contributed by atoms with Crippen LogP contribution in [0.5, 0.6) is 0 Å². The monoisotopic (exact) mass is 174 g/mol. The zero-order valence-electron chi connectivity index (χ0n) is 7.88. The number of hydrogen-bond donors (Lipinski definition) is 1. The minimum atomic E-state index is -0.604. The molecule has 0 aliphatic carbocycles. The Kier molecular flexibility index (Phi) is 3.50. The zero-order valence-corrected chi connectivity index (χ0v) is 7.88. The lowest BCUT2D eigenvalue weighted by Gasteiger charge is -2.36. The number of aliphatic hydroxyl groups is 1. The summed E-state index contributed by atoms with van der Waals surface area (Å²) in [7, 11) is 0. The average Bonchev–Trinajstić information content (AvgIpc) is 2.02. The van der Waals surface area contributed by atoms with Crippen LogP contribution in [0.25, 0.3) is 0 Å². The maximum absolute atomic E-state index is 9.90. The van der Waals surface area contributed by atoms with E-state index in [9.17, 15) is 5.11 Å². The molecule has 1 rings (SSSR count). The molecule has 1 heterocycles. The second kappa shape index (κ2) is 4.21. The summed E-state index contributed by atoms with van der Waals surface area (Å²) < 4.78 is 10.5. The third kappa shape index (κ3) is 2.44. The van der Waals surface area contributed by atoms with Gasteiger partial charge in [0.05, 0.1) is 18.8 Å². The highest BCUT2D eigenvalue weighted by Crippen LogP contribution is 2.26. The first-order valence-corrected chi connectivity index (χ1v) is 4.54. The minimum Gasteiger partial charge on any atom is -0.390 e. The van der Waals surface area contributed by atoms with E-state index in [4.69, 9.17) is 9.47 Å². The SMILES string of the molecule is CCOCC1COCCC1(C)O. The normalized spacial score (nSPS) is 36.8. The van der Waals surface area contributed by atoms with Gasteiger partial charge in [-0.1, -0.05) is 0 Å². The number of ether oxygens (including phenoxy) is 2. The molecule has 1 saturated heterocycles. The van der Waals surface area contributed by atoms with Crippen LogP contribution in [0.1, 0.15) is 20.3 Å². The third-order valence-electron chi connectivity index (χ3n) is 2.47. The van der Waals surface area contributed by atoms with E-state index in [1.807, 2.05) is 13.8 Å². The Morgan fingerprint density at radius 1 is 1.67 bits per heavy atom. The lowest BCUT2D eigenvalue weighted by atomic mass is 9.86. The molecule has 1 N–H and O–H groups in total. The van der Waals surface area contributed by atoms with Crippen LogP contribution in [0.4, 0.5) is 0 Å². The Bertz CT molecular complexity index is 134. The van der Waals surface area contributed by atoms with Gasteiger partial charge in [0.1, 0.15) is 0 Å². The Hall–Kier alpha value is -0.120. The van der Waals surface area contributed by atoms with Gasteiger partial charge in [-0.05, 0) is 20.3 Å². The van der Waals surface area contributed by atoms with E-state index in [2.05, 4.69) is 0 Å². The van der Waals surface area contributed by atoms with Gasteiger partial charge in [0.15, 0.2) is 0 Å². The van der Waals surface area contributed by atoms with Gasteiger partial charge >= 0.3 is 0 Å². The molecule has 0 aromatic heterocycles. The van der Waals surface area contributed by atoms with E-state index in [1.54, 1.807) is 0 Å². The molecule has 0 bridgehead atoms. The van der Waals surface area contributed by atoms with Crippen LogP contribution in [0.3, 0.4) is 0 Å². The van der Waals surface area contributed by atoms with Crippen molar-refractivity contribution >= 4 is 0 Å². The molecule has 0 aromatic rings. The maximum Gasteiger partial charge on any atom is 0.0713 e. The molecule has 12 heavy (non-hydrogen) atoms. The summed E-state index contributed by atoms with van der Waals surface area (Å²) in [5.41, 5.74) is -0.604. The van der Waals surface area contributed by atoms with Crippen molar-refractivity contribution in [1.29, 1.82) is 0 Å². The van der Waals surface area contributed by atoms with Gasteiger partial charge in [-0.3, -0.25) is 0 Å². The van der Waals surface area contributed by atoms with Crippen molar-refractivity contribution in [3.63, 3.8) is 0 Å². The Morgan fingerprint density at radius 3 is 3.00 bits per heavy atom. The Labute approximate surface area is 73.7 Å². The molecule has 0 radical (unpaired) electrons. The van der Waals surface area contributed by atoms with Gasteiger partial charge in [0.2, 0.25) is 0 Å². The quantitative estimate of drug-likeness (QED) is 0.688. The molecule has 2 unspecified atom stereocenters. The van der Waals surface area contributed by atoms with Gasteiger partial charge in [-0.25, -0.2) is 0 Å². The molecule has 0 spiro atoms. The van der Waals surface area contributed by atoms with Crippen LogP contribution in [0.2, 0.25) is 0 Å². The molecule has 0 amide bonds. The first kappa shape index (κ1) is 9.96. The van der Waals surface area contributed by atoms with E-state index in [0.29, 0.717) is 32.8 Å². The van der Waals surface area contributed by atoms with E-state index >= 15 is 0 Å². The van der Waals surface area contributed by atoms with Crippen LogP contribution in [-0.2, 0) is 9.47 Å². The minimum absolute atomic E-state index is 0.131. The highest BCUT2D eigenvalue weighted by Gasteiger charge is 2.34. The first-order valence-electron chi connectivity index (χ1n) is 4.54. The van der Waals surface area contributed by atoms with E-state index in [1.165, 1.54) is 0 Å². The molecule has 1 fully saturated rings. The van der Waals surface area contributed by atoms with Crippen LogP contribution in [-0.4, -0.2) is 37.1 Å². The van der Waals surface area contributed by atoms with Crippen molar-refractivity contribution in [2.24, 2.45) is 5.92 Å². The molecular weight excluding hydrogens is 156 g/mol. The van der Waals surface area contributed by atoms with E-state index in [0.717, 1.165) is 0 Å². The van der Waals surface area contributed by atoms with Crippen molar-refractivity contribution in [3.8, 4) is 0 Å². The lowest BCUT2D eigenvalue weighted by molar-refractivity contribution is -0.122. The van der Waals surface area contributed by atoms with Crippen LogP contribution in [0, 0.1) is 5.92 Å². The maximum atomic E-state index is 9.90. The van der Waals surface area contributed by atoms with E-state index < -0.39 is 5.60 Å². The molecular formula is C9H18O3. The molecule has 0 aromatic carbocycles. The predicted octanol–water partition coefficient (Wildman–Crippen LogP) is 0.810. The van der Waals surface area contributed by atoms with Gasteiger partial charge < -0.3 is 14.6 Å². The van der Waals surface area contributed by atoms with Gasteiger partial charge in [-0.15, -0.1) is 0 Å². The van der Waals surface area contributed by atoms with Crippen molar-refractivity contribution in [3.05, 3.63) is 0 Å². The number of hydrogen-bond acceptors (Lipinski definition) is 3. The standard InChI is InChI=1S/C9H18O3/c1-3-11-6-8-7-12-5-4-9(8,2)10/h8,10H,3-7H2,1-2H3. The van der Waals surface area contributed by atoms with Crippen molar-refractivity contribution in [2.45, 2.75) is 25.9 Å². The molecule has 1 aliphatic heterocycles. The molecule has 3 nitrogen and oxygen atoms in total. The highest BCUT2D eigenvalue weighted by molar-refractivity contribution is 4.84. The summed E-state index contributed by atoms with van der Waals surface area (Å²) in [6.07, 6.45) is 0.713. The lowest BCUT2D eigenvalue weighted by Crippen LogP contribution is -2.45. The summed E-state index contributed by atoms with van der Waals surface area (Å²) in [6.45, 7) is 6.40. The fourth-order valence-electron chi connectivity index (χ4n) is 1.38. The summed E-state index contributed by atoms with van der Waals surface area (Å²) in [5.74, 6) is 0.131. The predicted molar refractivity (Wildman–Crippen MR) is 46.0 cm³/mol. The molecule has 1 aliphatic rings. The fourth-order valence-corrected chi connectivity index (χ4v) is 1.38. The van der Waals surface area contributed by atoms with Crippen LogP contribution < -0.4 is 0 Å². The summed E-state index contributed by atoms with van der Waals surface area (Å²) in [5, 5.41) is 9.90. The van der Waals surface area contributed by atoms with Crippen LogP contribution in [0.15, 0.2) is 0 Å². The second-order valence-electron chi connectivity index (χ2n) is 3.54. The molecule has 2 atom stereocenters. The summed E-state index contributed by atoms with van der Waals surface area (Å²) in [4.78, 5) is 0. The second-order valence-corrected chi connectivity index (χ2v) is 3.54. The van der Waals surface area contributed by atoms with Gasteiger partial charge in [0, 0.05) is 19.1 Å². The van der Waals surface area contributed by atoms with E-state index in [-0.39, 0.29) is 5.92 Å². The first-order chi connectivity index (χ1) is 5.67. The Balaban J connectivity index is 2.37. The van der Waals surface area contributed by atoms with Crippen LogP contribution >= 0.6 is 0 Å². The summed E-state index contributed by atoms with van der Waals surface area (Å²) >= 11 is 0. The highest BCUT2D eigenvalue weighted by atomic mass is 16.5. The molecule has 3 heteroatoms. The van der Waals surface area contributed by atoms with Crippen molar-refractivity contribution < 1.29 is 14.6 Å².